The van der Waals surface area contributed by atoms with Crippen LogP contribution >= 0.6 is 23.2 Å². The Balaban J connectivity index is 2.18. The van der Waals surface area contributed by atoms with E-state index in [1.807, 2.05) is 26.0 Å². The quantitative estimate of drug-likeness (QED) is 0.654. The molecule has 150 valence electrons. The highest BCUT2D eigenvalue weighted by Crippen LogP contribution is 2.19. The van der Waals surface area contributed by atoms with Gasteiger partial charge in [-0.1, -0.05) is 48.3 Å². The smallest absolute Gasteiger partial charge is 0.261 e. The molecule has 28 heavy (non-hydrogen) atoms. The van der Waals surface area contributed by atoms with E-state index in [4.69, 9.17) is 27.9 Å². The fourth-order valence-electron chi connectivity index (χ4n) is 2.78. The Morgan fingerprint density at radius 2 is 1.79 bits per heavy atom. The van der Waals surface area contributed by atoms with Crippen molar-refractivity contribution in [3.05, 3.63) is 64.1 Å². The van der Waals surface area contributed by atoms with Gasteiger partial charge in [-0.25, -0.2) is 0 Å². The maximum Gasteiger partial charge on any atom is 0.261 e. The summed E-state index contributed by atoms with van der Waals surface area (Å²) in [6, 6.07) is 13.4. The van der Waals surface area contributed by atoms with E-state index in [-0.39, 0.29) is 25.0 Å². The highest BCUT2D eigenvalue weighted by molar-refractivity contribution is 6.30. The zero-order valence-electron chi connectivity index (χ0n) is 16.0. The fraction of sp³-hybridized carbons (Fsp3) is 0.333. The molecule has 0 aromatic heterocycles. The molecule has 5 nitrogen and oxygen atoms in total. The second-order valence-electron chi connectivity index (χ2n) is 6.21. The number of ether oxygens (including phenoxy) is 1. The third kappa shape index (κ3) is 6.43. The summed E-state index contributed by atoms with van der Waals surface area (Å²) in [6.45, 7) is 4.31. The summed E-state index contributed by atoms with van der Waals surface area (Å²) >= 11 is 11.9. The number of hydrogen-bond acceptors (Lipinski definition) is 3. The minimum atomic E-state index is -0.592. The summed E-state index contributed by atoms with van der Waals surface area (Å²) in [5.74, 6) is 0.0291. The molecule has 2 rings (SSSR count). The molecule has 0 fully saturated rings. The lowest BCUT2D eigenvalue weighted by Gasteiger charge is -2.30. The van der Waals surface area contributed by atoms with Gasteiger partial charge in [0.15, 0.2) is 6.61 Å². The molecule has 0 aliphatic heterocycles. The molecule has 7 heteroatoms. The molecule has 2 aromatic rings. The molecule has 0 saturated heterocycles. The fourth-order valence-corrected chi connectivity index (χ4v) is 3.09. The largest absolute Gasteiger partial charge is 0.484 e. The number of rotatable bonds is 9. The number of hydrogen-bond donors (Lipinski definition) is 1. The first-order valence-corrected chi connectivity index (χ1v) is 9.90. The lowest BCUT2D eigenvalue weighted by Crippen LogP contribution is -2.50. The number of likely N-dealkylation sites (N-methyl/N-ethyl adjacent to an activating group) is 1. The second kappa shape index (κ2) is 10.9. The topological polar surface area (TPSA) is 58.6 Å². The summed E-state index contributed by atoms with van der Waals surface area (Å²) in [6.07, 6.45) is 0.488. The van der Waals surface area contributed by atoms with Crippen molar-refractivity contribution < 1.29 is 14.3 Å². The van der Waals surface area contributed by atoms with Crippen LogP contribution in [0.2, 0.25) is 10.0 Å². The van der Waals surface area contributed by atoms with Crippen molar-refractivity contribution in [3.8, 4) is 5.75 Å². The zero-order valence-corrected chi connectivity index (χ0v) is 17.5. The minimum Gasteiger partial charge on any atom is -0.484 e. The van der Waals surface area contributed by atoms with Gasteiger partial charge in [-0.15, -0.1) is 0 Å². The molecule has 0 unspecified atom stereocenters. The predicted octanol–water partition coefficient (Wildman–Crippen LogP) is 4.32. The zero-order chi connectivity index (χ0) is 20.5. The molecule has 0 aliphatic rings. The number of benzene rings is 2. The summed E-state index contributed by atoms with van der Waals surface area (Å²) in [5, 5.41) is 3.93. The van der Waals surface area contributed by atoms with Gasteiger partial charge >= 0.3 is 0 Å². The van der Waals surface area contributed by atoms with Gasteiger partial charge in [0, 0.05) is 23.1 Å². The molecule has 0 spiro atoms. The van der Waals surface area contributed by atoms with Crippen molar-refractivity contribution >= 4 is 35.0 Å². The van der Waals surface area contributed by atoms with E-state index < -0.39 is 6.04 Å². The van der Waals surface area contributed by atoms with E-state index in [2.05, 4.69) is 5.32 Å². The van der Waals surface area contributed by atoms with Crippen LogP contribution in [-0.4, -0.2) is 35.9 Å². The molecule has 0 bridgehead atoms. The number of nitrogens with one attached hydrogen (secondary N) is 1. The van der Waals surface area contributed by atoms with E-state index in [1.165, 1.54) is 0 Å². The highest BCUT2D eigenvalue weighted by Gasteiger charge is 2.28. The first-order chi connectivity index (χ1) is 13.4. The molecule has 2 aromatic carbocycles. The summed E-state index contributed by atoms with van der Waals surface area (Å²) < 4.78 is 5.59. The van der Waals surface area contributed by atoms with Crippen molar-refractivity contribution in [1.29, 1.82) is 0 Å². The average molecular weight is 423 g/mol. The highest BCUT2D eigenvalue weighted by atomic mass is 35.5. The van der Waals surface area contributed by atoms with Crippen LogP contribution in [0.3, 0.4) is 0 Å². The first-order valence-electron chi connectivity index (χ1n) is 9.14. The number of halogens is 2. The van der Waals surface area contributed by atoms with Crippen LogP contribution in [0.15, 0.2) is 48.5 Å². The molecular weight excluding hydrogens is 399 g/mol. The Bertz CT molecular complexity index is 796. The Hall–Kier alpha value is -2.24. The van der Waals surface area contributed by atoms with Crippen molar-refractivity contribution in [3.63, 3.8) is 0 Å². The summed E-state index contributed by atoms with van der Waals surface area (Å²) in [5.41, 5.74) is 0.878. The maximum atomic E-state index is 12.9. The van der Waals surface area contributed by atoms with E-state index in [1.54, 1.807) is 41.3 Å². The van der Waals surface area contributed by atoms with Crippen LogP contribution in [0.5, 0.6) is 5.75 Å². The van der Waals surface area contributed by atoms with Gasteiger partial charge in [-0.3, -0.25) is 9.59 Å². The van der Waals surface area contributed by atoms with Crippen molar-refractivity contribution in [2.45, 2.75) is 32.9 Å². The number of carbonyl (C=O) groups excluding carboxylic acids is 2. The Morgan fingerprint density at radius 3 is 2.39 bits per heavy atom. The van der Waals surface area contributed by atoms with Crippen LogP contribution in [0.25, 0.3) is 0 Å². The van der Waals surface area contributed by atoms with Gasteiger partial charge in [0.2, 0.25) is 5.91 Å². The molecule has 0 saturated carbocycles. The van der Waals surface area contributed by atoms with Crippen molar-refractivity contribution in [2.24, 2.45) is 0 Å². The van der Waals surface area contributed by atoms with Gasteiger partial charge in [0.25, 0.3) is 5.91 Å². The Morgan fingerprint density at radius 1 is 1.07 bits per heavy atom. The monoisotopic (exact) mass is 422 g/mol. The molecule has 0 aliphatic carbocycles. The Labute approximate surface area is 175 Å². The third-order valence-corrected chi connectivity index (χ3v) is 4.65. The van der Waals surface area contributed by atoms with Crippen molar-refractivity contribution in [2.75, 3.05) is 13.2 Å². The minimum absolute atomic E-state index is 0.185. The standard InChI is InChI=1S/C21H24Cl2N2O3/c1-3-19(21(27)24-4-2)25(13-15-8-10-16(22)11-9-15)20(26)14-28-18-7-5-6-17(23)12-18/h5-12,19H,3-4,13-14H2,1-2H3,(H,24,27)/t19-/m0/s1. The molecule has 1 N–H and O–H groups in total. The molecule has 0 heterocycles. The molecule has 0 radical (unpaired) electrons. The predicted molar refractivity (Wildman–Crippen MR) is 112 cm³/mol. The van der Waals surface area contributed by atoms with Crippen LogP contribution in [-0.2, 0) is 16.1 Å². The number of amides is 2. The lowest BCUT2D eigenvalue weighted by atomic mass is 10.1. The van der Waals surface area contributed by atoms with Crippen LogP contribution in [0.4, 0.5) is 0 Å². The number of nitrogens with zero attached hydrogens (tertiary/aromatic N) is 1. The van der Waals surface area contributed by atoms with Crippen molar-refractivity contribution in [1.82, 2.24) is 10.2 Å². The summed E-state index contributed by atoms with van der Waals surface area (Å²) in [4.78, 5) is 27.0. The maximum absolute atomic E-state index is 12.9. The third-order valence-electron chi connectivity index (χ3n) is 4.16. The normalized spacial score (nSPS) is 11.6. The molecular formula is C21H24Cl2N2O3. The number of carbonyl (C=O) groups is 2. The second-order valence-corrected chi connectivity index (χ2v) is 7.09. The molecule has 2 amide bonds. The van der Waals surface area contributed by atoms with Gasteiger partial charge in [-0.05, 0) is 49.2 Å². The van der Waals surface area contributed by atoms with Crippen LogP contribution < -0.4 is 10.1 Å². The lowest BCUT2D eigenvalue weighted by molar-refractivity contribution is -0.142. The van der Waals surface area contributed by atoms with Crippen LogP contribution in [0.1, 0.15) is 25.8 Å². The van der Waals surface area contributed by atoms with Gasteiger partial charge < -0.3 is 15.0 Å². The van der Waals surface area contributed by atoms with E-state index in [9.17, 15) is 9.59 Å². The van der Waals surface area contributed by atoms with Gasteiger partial charge in [0.05, 0.1) is 0 Å². The van der Waals surface area contributed by atoms with E-state index in [0.717, 1.165) is 5.56 Å². The van der Waals surface area contributed by atoms with E-state index >= 15 is 0 Å². The SMILES string of the molecule is CCNC(=O)[C@H](CC)N(Cc1ccc(Cl)cc1)C(=O)COc1cccc(Cl)c1. The van der Waals surface area contributed by atoms with Gasteiger partial charge in [-0.2, -0.15) is 0 Å². The average Bonchev–Trinajstić information content (AvgIpc) is 2.68. The summed E-state index contributed by atoms with van der Waals surface area (Å²) in [7, 11) is 0. The molecule has 1 atom stereocenters. The Kier molecular flexibility index (Phi) is 8.61. The van der Waals surface area contributed by atoms with E-state index in [0.29, 0.717) is 28.8 Å². The first kappa shape index (κ1) is 22.1. The van der Waals surface area contributed by atoms with Crippen LogP contribution in [0, 0.1) is 0 Å². The van der Waals surface area contributed by atoms with Gasteiger partial charge in [0.1, 0.15) is 11.8 Å².